The summed E-state index contributed by atoms with van der Waals surface area (Å²) in [6.45, 7) is 9.50. The van der Waals surface area contributed by atoms with Crippen molar-refractivity contribution in [3.63, 3.8) is 0 Å². The molecular weight excluding hydrogens is 254 g/mol. The van der Waals surface area contributed by atoms with Gasteiger partial charge in [0.05, 0.1) is 0 Å². The largest absolute Gasteiger partial charge is 0.313 e. The summed E-state index contributed by atoms with van der Waals surface area (Å²) in [7, 11) is 0. The van der Waals surface area contributed by atoms with Gasteiger partial charge in [-0.3, -0.25) is 0 Å². The summed E-state index contributed by atoms with van der Waals surface area (Å²) in [5.41, 5.74) is 3.45. The van der Waals surface area contributed by atoms with E-state index in [1.54, 1.807) is 0 Å². The average Bonchev–Trinajstić information content (AvgIpc) is 2.38. The Morgan fingerprint density at radius 2 is 1.74 bits per heavy atom. The van der Waals surface area contributed by atoms with Crippen molar-refractivity contribution in [3.05, 3.63) is 17.0 Å². The Hall–Kier alpha value is -0.610. The van der Waals surface area contributed by atoms with Gasteiger partial charge in [-0.15, -0.1) is 0 Å². The fraction of sp³-hybridized carbons (Fsp3) is 0.733. The summed E-state index contributed by atoms with van der Waals surface area (Å²) in [5, 5.41) is 5.19. The minimum absolute atomic E-state index is 0.620. The van der Waals surface area contributed by atoms with E-state index in [4.69, 9.17) is 0 Å². The molecule has 0 aliphatic heterocycles. The molecule has 1 aromatic rings. The number of rotatable bonds is 4. The Labute approximate surface area is 121 Å². The van der Waals surface area contributed by atoms with Crippen LogP contribution in [-0.4, -0.2) is 27.8 Å². The molecule has 1 aliphatic rings. The summed E-state index contributed by atoms with van der Waals surface area (Å²) in [5.74, 6) is 0. The van der Waals surface area contributed by atoms with Crippen molar-refractivity contribution in [1.82, 2.24) is 15.3 Å². The Balaban J connectivity index is 2.10. The Bertz CT molecular complexity index is 408. The lowest BCUT2D eigenvalue weighted by molar-refractivity contribution is 0.390. The zero-order chi connectivity index (χ0) is 13.8. The van der Waals surface area contributed by atoms with Gasteiger partial charge in [-0.1, -0.05) is 31.5 Å². The highest BCUT2D eigenvalue weighted by Crippen LogP contribution is 2.32. The third kappa shape index (κ3) is 3.69. The average molecular weight is 279 g/mol. The lowest BCUT2D eigenvalue weighted by Crippen LogP contribution is -2.40. The molecule has 1 saturated carbocycles. The van der Waals surface area contributed by atoms with Gasteiger partial charge in [0.15, 0.2) is 5.16 Å². The second kappa shape index (κ2) is 6.71. The van der Waals surface area contributed by atoms with E-state index in [0.29, 0.717) is 11.3 Å². The van der Waals surface area contributed by atoms with E-state index in [1.807, 2.05) is 11.8 Å². The summed E-state index contributed by atoms with van der Waals surface area (Å²) in [6.07, 6.45) is 5.25. The van der Waals surface area contributed by atoms with Crippen LogP contribution in [0, 0.1) is 20.8 Å². The molecule has 3 nitrogen and oxygen atoms in total. The van der Waals surface area contributed by atoms with E-state index in [2.05, 4.69) is 43.0 Å². The van der Waals surface area contributed by atoms with Crippen LogP contribution in [0.3, 0.4) is 0 Å². The quantitative estimate of drug-likeness (QED) is 0.857. The highest BCUT2D eigenvalue weighted by atomic mass is 32.2. The second-order valence-corrected chi connectivity index (χ2v) is 6.61. The van der Waals surface area contributed by atoms with Crippen molar-refractivity contribution in [2.24, 2.45) is 0 Å². The van der Waals surface area contributed by atoms with Crippen LogP contribution >= 0.6 is 11.8 Å². The molecule has 19 heavy (non-hydrogen) atoms. The van der Waals surface area contributed by atoms with Crippen LogP contribution in [0.5, 0.6) is 0 Å². The SMILES string of the molecule is CCNC1CCCCC1Sc1nc(C)c(C)c(C)n1. The molecule has 0 bridgehead atoms. The molecule has 1 N–H and O–H groups in total. The summed E-state index contributed by atoms with van der Waals surface area (Å²) in [4.78, 5) is 9.29. The van der Waals surface area contributed by atoms with E-state index in [0.717, 1.165) is 23.1 Å². The molecule has 0 radical (unpaired) electrons. The minimum Gasteiger partial charge on any atom is -0.313 e. The van der Waals surface area contributed by atoms with E-state index in [-0.39, 0.29) is 0 Å². The molecule has 1 aliphatic carbocycles. The number of nitrogens with one attached hydrogen (secondary N) is 1. The first-order chi connectivity index (χ1) is 9.11. The molecule has 1 fully saturated rings. The van der Waals surface area contributed by atoms with Gasteiger partial charge in [0.25, 0.3) is 0 Å². The van der Waals surface area contributed by atoms with Crippen LogP contribution in [0.25, 0.3) is 0 Å². The first-order valence-electron chi connectivity index (χ1n) is 7.33. The van der Waals surface area contributed by atoms with Gasteiger partial charge in [-0.2, -0.15) is 0 Å². The standard InChI is InChI=1S/C15H25N3S/c1-5-16-13-8-6-7-9-14(13)19-15-17-11(3)10(2)12(4)18-15/h13-14,16H,5-9H2,1-4H3. The highest BCUT2D eigenvalue weighted by Gasteiger charge is 2.26. The molecule has 0 saturated heterocycles. The predicted octanol–water partition coefficient (Wildman–Crippen LogP) is 3.41. The van der Waals surface area contributed by atoms with Crippen molar-refractivity contribution in [3.8, 4) is 0 Å². The van der Waals surface area contributed by atoms with E-state index >= 15 is 0 Å². The monoisotopic (exact) mass is 279 g/mol. The lowest BCUT2D eigenvalue weighted by Gasteiger charge is -2.31. The summed E-state index contributed by atoms with van der Waals surface area (Å²) >= 11 is 1.86. The molecule has 2 rings (SSSR count). The molecular formula is C15H25N3S. The van der Waals surface area contributed by atoms with E-state index in [9.17, 15) is 0 Å². The summed E-state index contributed by atoms with van der Waals surface area (Å²) in [6, 6.07) is 0.620. The normalized spacial score (nSPS) is 23.6. The van der Waals surface area contributed by atoms with Gasteiger partial charge in [-0.25, -0.2) is 9.97 Å². The number of aryl methyl sites for hydroxylation is 2. The minimum atomic E-state index is 0.620. The molecule has 106 valence electrons. The van der Waals surface area contributed by atoms with Crippen molar-refractivity contribution in [1.29, 1.82) is 0 Å². The molecule has 0 amide bonds. The molecule has 2 atom stereocenters. The third-order valence-electron chi connectivity index (χ3n) is 4.04. The van der Waals surface area contributed by atoms with Gasteiger partial charge < -0.3 is 5.32 Å². The maximum absolute atomic E-state index is 4.65. The van der Waals surface area contributed by atoms with Crippen molar-refractivity contribution in [2.75, 3.05) is 6.54 Å². The first-order valence-corrected chi connectivity index (χ1v) is 8.21. The maximum atomic E-state index is 4.65. The smallest absolute Gasteiger partial charge is 0.188 e. The van der Waals surface area contributed by atoms with Crippen molar-refractivity contribution < 1.29 is 0 Å². The highest BCUT2D eigenvalue weighted by molar-refractivity contribution is 7.99. The topological polar surface area (TPSA) is 37.8 Å². The summed E-state index contributed by atoms with van der Waals surface area (Å²) < 4.78 is 0. The molecule has 1 aromatic heterocycles. The number of hydrogen-bond donors (Lipinski definition) is 1. The van der Waals surface area contributed by atoms with Crippen molar-refractivity contribution >= 4 is 11.8 Å². The van der Waals surface area contributed by atoms with Gasteiger partial charge in [0, 0.05) is 22.7 Å². The molecule has 1 heterocycles. The Morgan fingerprint density at radius 3 is 2.37 bits per heavy atom. The third-order valence-corrected chi connectivity index (χ3v) is 5.30. The Kier molecular flexibility index (Phi) is 5.22. The molecule has 0 spiro atoms. The van der Waals surface area contributed by atoms with Crippen LogP contribution in [0.2, 0.25) is 0 Å². The Morgan fingerprint density at radius 1 is 1.11 bits per heavy atom. The van der Waals surface area contributed by atoms with Gasteiger partial charge in [0.2, 0.25) is 0 Å². The van der Waals surface area contributed by atoms with Crippen LogP contribution in [0.4, 0.5) is 0 Å². The zero-order valence-electron chi connectivity index (χ0n) is 12.5. The molecule has 0 aromatic carbocycles. The van der Waals surface area contributed by atoms with Gasteiger partial charge in [-0.05, 0) is 45.7 Å². The molecule has 2 unspecified atom stereocenters. The maximum Gasteiger partial charge on any atom is 0.188 e. The lowest BCUT2D eigenvalue weighted by atomic mass is 9.95. The van der Waals surface area contributed by atoms with E-state index < -0.39 is 0 Å². The van der Waals surface area contributed by atoms with Crippen LogP contribution in [-0.2, 0) is 0 Å². The second-order valence-electron chi connectivity index (χ2n) is 5.41. The number of aromatic nitrogens is 2. The molecule has 4 heteroatoms. The van der Waals surface area contributed by atoms with Crippen molar-refractivity contribution in [2.45, 2.75) is 69.8 Å². The van der Waals surface area contributed by atoms with Crippen LogP contribution < -0.4 is 5.32 Å². The van der Waals surface area contributed by atoms with Gasteiger partial charge >= 0.3 is 0 Å². The first kappa shape index (κ1) is 14.8. The van der Waals surface area contributed by atoms with Crippen LogP contribution in [0.15, 0.2) is 5.16 Å². The zero-order valence-corrected chi connectivity index (χ0v) is 13.3. The van der Waals surface area contributed by atoms with Gasteiger partial charge in [0.1, 0.15) is 0 Å². The fourth-order valence-corrected chi connectivity index (χ4v) is 3.99. The number of thioether (sulfide) groups is 1. The number of nitrogens with zero attached hydrogens (tertiary/aromatic N) is 2. The fourth-order valence-electron chi connectivity index (χ4n) is 2.66. The van der Waals surface area contributed by atoms with Crippen LogP contribution in [0.1, 0.15) is 49.6 Å². The number of hydrogen-bond acceptors (Lipinski definition) is 4. The van der Waals surface area contributed by atoms with E-state index in [1.165, 1.54) is 31.2 Å². The predicted molar refractivity (Wildman–Crippen MR) is 81.8 cm³/mol.